The fraction of sp³-hybridized carbons (Fsp3) is 0.875. The van der Waals surface area contributed by atoms with Gasteiger partial charge < -0.3 is 4.74 Å². The fourth-order valence-corrected chi connectivity index (χ4v) is 1.48. The SMILES string of the molecule is CSCCOC1CCC(=O)C1. The molecule has 0 radical (unpaired) electrons. The van der Waals surface area contributed by atoms with E-state index in [2.05, 4.69) is 6.26 Å². The lowest BCUT2D eigenvalue weighted by Crippen LogP contribution is -2.10. The highest BCUT2D eigenvalue weighted by Crippen LogP contribution is 2.17. The second kappa shape index (κ2) is 4.78. The molecule has 0 bridgehead atoms. The topological polar surface area (TPSA) is 26.3 Å². The molecule has 1 atom stereocenters. The van der Waals surface area contributed by atoms with Gasteiger partial charge in [0.1, 0.15) is 5.78 Å². The van der Waals surface area contributed by atoms with E-state index >= 15 is 0 Å². The Bertz CT molecular complexity index is 136. The van der Waals surface area contributed by atoms with E-state index in [1.54, 1.807) is 11.8 Å². The van der Waals surface area contributed by atoms with Gasteiger partial charge in [-0.3, -0.25) is 4.79 Å². The molecule has 2 nitrogen and oxygen atoms in total. The number of Topliss-reactive ketones (excluding diaryl/α,β-unsaturated/α-hetero) is 1. The zero-order valence-electron chi connectivity index (χ0n) is 6.84. The van der Waals surface area contributed by atoms with Gasteiger partial charge in [-0.2, -0.15) is 11.8 Å². The van der Waals surface area contributed by atoms with Gasteiger partial charge >= 0.3 is 0 Å². The minimum atomic E-state index is 0.231. The zero-order chi connectivity index (χ0) is 8.10. The maximum atomic E-state index is 10.8. The van der Waals surface area contributed by atoms with E-state index in [0.29, 0.717) is 12.2 Å². The number of carbonyl (C=O) groups is 1. The molecular formula is C8H14O2S. The minimum absolute atomic E-state index is 0.231. The second-order valence-corrected chi connectivity index (χ2v) is 3.75. The summed E-state index contributed by atoms with van der Waals surface area (Å²) in [5.74, 6) is 1.39. The number of thioether (sulfide) groups is 1. The van der Waals surface area contributed by atoms with Crippen molar-refractivity contribution in [3.05, 3.63) is 0 Å². The van der Waals surface area contributed by atoms with E-state index in [0.717, 1.165) is 25.2 Å². The van der Waals surface area contributed by atoms with Gasteiger partial charge in [-0.05, 0) is 12.7 Å². The molecule has 0 N–H and O–H groups in total. The van der Waals surface area contributed by atoms with Crippen LogP contribution < -0.4 is 0 Å². The van der Waals surface area contributed by atoms with Crippen molar-refractivity contribution < 1.29 is 9.53 Å². The number of ketones is 1. The van der Waals surface area contributed by atoms with Crippen molar-refractivity contribution in [3.63, 3.8) is 0 Å². The van der Waals surface area contributed by atoms with Gasteiger partial charge in [-0.1, -0.05) is 0 Å². The first kappa shape index (κ1) is 9.07. The Kier molecular flexibility index (Phi) is 3.94. The fourth-order valence-electron chi connectivity index (χ4n) is 1.22. The Hall–Kier alpha value is -0.0200. The number of hydrogen-bond donors (Lipinski definition) is 0. The van der Waals surface area contributed by atoms with Gasteiger partial charge in [-0.25, -0.2) is 0 Å². The molecule has 0 aromatic heterocycles. The van der Waals surface area contributed by atoms with Crippen LogP contribution in [0.4, 0.5) is 0 Å². The van der Waals surface area contributed by atoms with Crippen LogP contribution in [0, 0.1) is 0 Å². The molecule has 1 aliphatic carbocycles. The molecule has 1 aliphatic rings. The molecule has 0 amide bonds. The predicted molar refractivity (Wildman–Crippen MR) is 47.0 cm³/mol. The summed E-state index contributed by atoms with van der Waals surface area (Å²) in [7, 11) is 0. The summed E-state index contributed by atoms with van der Waals surface area (Å²) in [6.45, 7) is 0.791. The van der Waals surface area contributed by atoms with E-state index in [1.165, 1.54) is 0 Å². The lowest BCUT2D eigenvalue weighted by Gasteiger charge is -2.08. The third-order valence-corrected chi connectivity index (χ3v) is 2.42. The van der Waals surface area contributed by atoms with Crippen molar-refractivity contribution in [3.8, 4) is 0 Å². The van der Waals surface area contributed by atoms with E-state index in [9.17, 15) is 4.79 Å². The van der Waals surface area contributed by atoms with Gasteiger partial charge in [-0.15, -0.1) is 0 Å². The average Bonchev–Trinajstić information content (AvgIpc) is 2.37. The van der Waals surface area contributed by atoms with Crippen LogP contribution in [0.25, 0.3) is 0 Å². The molecule has 0 spiro atoms. The predicted octanol–water partition coefficient (Wildman–Crippen LogP) is 1.49. The van der Waals surface area contributed by atoms with Crippen LogP contribution in [0.3, 0.4) is 0 Å². The van der Waals surface area contributed by atoms with Gasteiger partial charge in [0, 0.05) is 18.6 Å². The number of ether oxygens (including phenoxy) is 1. The van der Waals surface area contributed by atoms with Crippen molar-refractivity contribution >= 4 is 17.5 Å². The van der Waals surface area contributed by atoms with Gasteiger partial charge in [0.2, 0.25) is 0 Å². The molecule has 0 aliphatic heterocycles. The van der Waals surface area contributed by atoms with Crippen molar-refractivity contribution in [1.29, 1.82) is 0 Å². The second-order valence-electron chi connectivity index (χ2n) is 2.77. The monoisotopic (exact) mass is 174 g/mol. The first-order valence-electron chi connectivity index (χ1n) is 3.95. The van der Waals surface area contributed by atoms with E-state index in [4.69, 9.17) is 4.74 Å². The molecule has 1 unspecified atom stereocenters. The van der Waals surface area contributed by atoms with Crippen LogP contribution in [0.2, 0.25) is 0 Å². The minimum Gasteiger partial charge on any atom is -0.377 e. The summed E-state index contributed by atoms with van der Waals surface area (Å²) in [6.07, 6.45) is 4.60. The Balaban J connectivity index is 2.04. The maximum absolute atomic E-state index is 10.8. The van der Waals surface area contributed by atoms with Gasteiger partial charge in [0.25, 0.3) is 0 Å². The third-order valence-electron chi connectivity index (χ3n) is 1.84. The molecule has 11 heavy (non-hydrogen) atoms. The van der Waals surface area contributed by atoms with Crippen LogP contribution in [-0.4, -0.2) is 30.5 Å². The van der Waals surface area contributed by atoms with Crippen LogP contribution in [-0.2, 0) is 9.53 Å². The first-order chi connectivity index (χ1) is 5.33. The Morgan fingerprint density at radius 2 is 2.55 bits per heavy atom. The lowest BCUT2D eigenvalue weighted by molar-refractivity contribution is -0.118. The van der Waals surface area contributed by atoms with Crippen molar-refractivity contribution in [2.75, 3.05) is 18.6 Å². The quantitative estimate of drug-likeness (QED) is 0.604. The van der Waals surface area contributed by atoms with Crippen molar-refractivity contribution in [2.45, 2.75) is 25.4 Å². The summed E-state index contributed by atoms with van der Waals surface area (Å²) in [6, 6.07) is 0. The van der Waals surface area contributed by atoms with Crippen molar-refractivity contribution in [1.82, 2.24) is 0 Å². The Morgan fingerprint density at radius 1 is 1.73 bits per heavy atom. The summed E-state index contributed by atoms with van der Waals surface area (Å²) < 4.78 is 5.47. The Labute approximate surface area is 71.7 Å². The smallest absolute Gasteiger partial charge is 0.135 e. The van der Waals surface area contributed by atoms with Gasteiger partial charge in [0.05, 0.1) is 12.7 Å². The zero-order valence-corrected chi connectivity index (χ0v) is 7.65. The molecule has 0 heterocycles. The summed E-state index contributed by atoms with van der Waals surface area (Å²) >= 11 is 1.78. The van der Waals surface area contributed by atoms with Crippen LogP contribution in [0.1, 0.15) is 19.3 Å². The lowest BCUT2D eigenvalue weighted by atomic mass is 10.3. The summed E-state index contributed by atoms with van der Waals surface area (Å²) in [5, 5.41) is 0. The molecular weight excluding hydrogens is 160 g/mol. The summed E-state index contributed by atoms with van der Waals surface area (Å²) in [4.78, 5) is 10.8. The molecule has 3 heteroatoms. The summed E-state index contributed by atoms with van der Waals surface area (Å²) in [5.41, 5.74) is 0. The maximum Gasteiger partial charge on any atom is 0.135 e. The third kappa shape index (κ3) is 3.25. The average molecular weight is 174 g/mol. The molecule has 1 rings (SSSR count). The number of hydrogen-bond acceptors (Lipinski definition) is 3. The number of carbonyl (C=O) groups excluding carboxylic acids is 1. The van der Waals surface area contributed by atoms with Gasteiger partial charge in [0.15, 0.2) is 0 Å². The van der Waals surface area contributed by atoms with E-state index < -0.39 is 0 Å². The first-order valence-corrected chi connectivity index (χ1v) is 5.34. The molecule has 0 aromatic carbocycles. The highest BCUT2D eigenvalue weighted by Gasteiger charge is 2.21. The van der Waals surface area contributed by atoms with Crippen molar-refractivity contribution in [2.24, 2.45) is 0 Å². The Morgan fingerprint density at radius 3 is 3.09 bits per heavy atom. The largest absolute Gasteiger partial charge is 0.377 e. The van der Waals surface area contributed by atoms with E-state index in [-0.39, 0.29) is 6.10 Å². The van der Waals surface area contributed by atoms with Crippen LogP contribution in [0.15, 0.2) is 0 Å². The highest BCUT2D eigenvalue weighted by molar-refractivity contribution is 7.98. The van der Waals surface area contributed by atoms with E-state index in [1.807, 2.05) is 0 Å². The normalized spacial score (nSPS) is 24.5. The molecule has 1 saturated carbocycles. The number of rotatable bonds is 4. The van der Waals surface area contributed by atoms with Crippen LogP contribution in [0.5, 0.6) is 0 Å². The molecule has 0 aromatic rings. The standard InChI is InChI=1S/C8H14O2S/c1-11-5-4-10-8-3-2-7(9)6-8/h8H,2-6H2,1H3. The molecule has 1 fully saturated rings. The van der Waals surface area contributed by atoms with Crippen LogP contribution >= 0.6 is 11.8 Å². The highest BCUT2D eigenvalue weighted by atomic mass is 32.2. The molecule has 0 saturated heterocycles. The molecule has 64 valence electrons.